The molecule has 0 spiro atoms. The van der Waals surface area contributed by atoms with Gasteiger partial charge in [-0.15, -0.1) is 43.7 Å². The van der Waals surface area contributed by atoms with Gasteiger partial charge in [-0.05, 0) is 24.3 Å². The summed E-state index contributed by atoms with van der Waals surface area (Å²) in [6.07, 6.45) is 3.06. The molecule has 0 bridgehead atoms. The van der Waals surface area contributed by atoms with Gasteiger partial charge in [0.1, 0.15) is 0 Å². The van der Waals surface area contributed by atoms with Crippen LogP contribution in [0.2, 0.25) is 0 Å². The second kappa shape index (κ2) is 17.7. The van der Waals surface area contributed by atoms with Crippen LogP contribution < -0.4 is 5.46 Å². The Labute approximate surface area is 342 Å². The van der Waals surface area contributed by atoms with Crippen LogP contribution in [0.4, 0.5) is 11.4 Å². The number of azo groups is 2. The minimum absolute atomic E-state index is 0.157. The van der Waals surface area contributed by atoms with Crippen LogP contribution in [0.5, 0.6) is 11.8 Å². The van der Waals surface area contributed by atoms with Crippen LogP contribution in [-0.4, -0.2) is 45.6 Å². The smallest absolute Gasteiger partial charge is 0.325 e. The third kappa shape index (κ3) is 9.33. The molecule has 0 saturated carbocycles. The summed E-state index contributed by atoms with van der Waals surface area (Å²) in [6.45, 7) is 0. The molecular weight excluding hydrogens is 791 g/mol. The molecule has 0 radical (unpaired) electrons. The number of nitro groups is 2. The molecule has 59 heavy (non-hydrogen) atoms. The van der Waals surface area contributed by atoms with E-state index in [9.17, 15) is 30.4 Å². The topological polar surface area (TPSA) is 255 Å². The number of fused-ring (bicyclic) bond motifs is 2. The van der Waals surface area contributed by atoms with E-state index in [1.165, 1.54) is 48.6 Å². The van der Waals surface area contributed by atoms with Crippen molar-refractivity contribution in [2.75, 3.05) is 0 Å². The van der Waals surface area contributed by atoms with E-state index >= 15 is 0 Å². The number of nitrogens with one attached hydrogen (secondary N) is 4. The van der Waals surface area contributed by atoms with E-state index in [4.69, 9.17) is 10.8 Å². The summed E-state index contributed by atoms with van der Waals surface area (Å²) in [5.74, 6) is -0.455. The molecule has 0 saturated heterocycles. The average Bonchev–Trinajstić information content (AvgIpc) is 3.73. The lowest BCUT2D eigenvalue weighted by Gasteiger charge is -2.11. The monoisotopic (exact) mass is 820 g/mol. The van der Waals surface area contributed by atoms with Gasteiger partial charge in [0.2, 0.25) is 0 Å². The number of aromatic nitrogens is 2. The lowest BCUT2D eigenvalue weighted by molar-refractivity contribution is -0.384. The van der Waals surface area contributed by atoms with E-state index in [1.54, 1.807) is 48.5 Å². The van der Waals surface area contributed by atoms with Crippen LogP contribution in [0.1, 0.15) is 22.3 Å². The third-order valence-corrected chi connectivity index (χ3v) is 10.9. The van der Waals surface area contributed by atoms with Crippen molar-refractivity contribution in [3.05, 3.63) is 170 Å². The Kier molecular flexibility index (Phi) is 11.9. The van der Waals surface area contributed by atoms with Crippen molar-refractivity contribution < 1.29 is 20.1 Å². The minimum Gasteiger partial charge on any atom is -0.494 e. The van der Waals surface area contributed by atoms with Crippen molar-refractivity contribution in [1.82, 2.24) is 9.97 Å². The van der Waals surface area contributed by atoms with Crippen LogP contribution in [0.15, 0.2) is 148 Å². The predicted octanol–water partition coefficient (Wildman–Crippen LogP) is 10.2. The van der Waals surface area contributed by atoms with Crippen LogP contribution in [0.25, 0.3) is 45.4 Å². The Bertz CT molecular complexity index is 2690. The number of nitrogens with zero attached hydrogens (tertiary/aromatic N) is 6. The van der Waals surface area contributed by atoms with Gasteiger partial charge in [0.05, 0.1) is 21.2 Å². The first-order valence-corrected chi connectivity index (χ1v) is 19.2. The van der Waals surface area contributed by atoms with Gasteiger partial charge in [0.25, 0.3) is 11.4 Å². The van der Waals surface area contributed by atoms with Crippen molar-refractivity contribution in [3.63, 3.8) is 0 Å². The highest BCUT2D eigenvalue weighted by Gasteiger charge is 2.24. The molecule has 5 aromatic carbocycles. The highest BCUT2D eigenvalue weighted by atomic mass is 32.2. The Morgan fingerprint density at radius 1 is 0.593 bits per heavy atom. The summed E-state index contributed by atoms with van der Waals surface area (Å²) >= 11 is 2.00. The molecule has 7 rings (SSSR count). The number of aromatic amines is 2. The number of nitro benzene ring substituents is 2. The van der Waals surface area contributed by atoms with E-state index < -0.39 is 15.1 Å². The highest BCUT2D eigenvalue weighted by molar-refractivity contribution is 8.64. The molecule has 19 heteroatoms. The fraction of sp³-hybridized carbons (Fsp3) is 0. The summed E-state index contributed by atoms with van der Waals surface area (Å²) in [4.78, 5) is 27.6. The molecule has 0 aliphatic rings. The molecule has 0 aliphatic heterocycles. The van der Waals surface area contributed by atoms with E-state index in [0.29, 0.717) is 32.9 Å². The van der Waals surface area contributed by atoms with Crippen LogP contribution in [-0.2, 0) is 0 Å². The lowest BCUT2D eigenvalue weighted by Crippen LogP contribution is -2.26. The largest absolute Gasteiger partial charge is 0.494 e. The molecule has 0 unspecified atom stereocenters. The molecule has 2 heterocycles. The summed E-state index contributed by atoms with van der Waals surface area (Å²) in [5, 5.41) is 79.1. The normalized spacial score (nSPS) is 12.1. The summed E-state index contributed by atoms with van der Waals surface area (Å²) in [7, 11) is 0. The molecule has 0 aliphatic carbocycles. The SMILES string of the molecule is N=C(N=N/C(=C/c1c(O)[nH]c2ccc([N+](=O)[O-])cc12)c1ccccc1)SB(SC(=N)N=N/C(=C/c1c(O)[nH]c2ccc([N+](=O)[O-])cc12)c1ccccc1)c1ccccc1. The zero-order valence-corrected chi connectivity index (χ0v) is 32.0. The van der Waals surface area contributed by atoms with E-state index in [2.05, 4.69) is 30.4 Å². The van der Waals surface area contributed by atoms with E-state index in [-0.39, 0.29) is 56.0 Å². The van der Waals surface area contributed by atoms with Gasteiger partial charge in [-0.25, -0.2) is 0 Å². The number of aromatic hydroxyl groups is 2. The first kappa shape index (κ1) is 39.6. The lowest BCUT2D eigenvalue weighted by atomic mass is 9.93. The third-order valence-electron chi connectivity index (χ3n) is 8.73. The van der Waals surface area contributed by atoms with Gasteiger partial charge < -0.3 is 20.2 Å². The molecule has 6 N–H and O–H groups in total. The van der Waals surface area contributed by atoms with Crippen molar-refractivity contribution in [2.45, 2.75) is 0 Å². The van der Waals surface area contributed by atoms with Gasteiger partial charge in [-0.3, -0.25) is 31.0 Å². The quantitative estimate of drug-likeness (QED) is 0.0182. The maximum Gasteiger partial charge on any atom is 0.325 e. The second-order valence-electron chi connectivity index (χ2n) is 12.5. The van der Waals surface area contributed by atoms with E-state index in [1.807, 2.05) is 42.5 Å². The Morgan fingerprint density at radius 2 is 0.983 bits per heavy atom. The molecule has 0 fully saturated rings. The molecule has 2 aromatic heterocycles. The first-order valence-electron chi connectivity index (χ1n) is 17.5. The van der Waals surface area contributed by atoms with E-state index in [0.717, 1.165) is 28.7 Å². The van der Waals surface area contributed by atoms with Crippen LogP contribution in [0, 0.1) is 31.0 Å². The summed E-state index contributed by atoms with van der Waals surface area (Å²) in [6, 6.07) is 35.4. The van der Waals surface area contributed by atoms with Crippen LogP contribution >= 0.6 is 23.2 Å². The Balaban J connectivity index is 1.17. The maximum absolute atomic E-state index is 11.5. The first-order chi connectivity index (χ1) is 28.5. The van der Waals surface area contributed by atoms with Gasteiger partial charge in [-0.1, -0.05) is 96.5 Å². The number of H-pyrrole nitrogens is 2. The predicted molar refractivity (Wildman–Crippen MR) is 234 cm³/mol. The molecule has 0 amide bonds. The number of rotatable bonds is 11. The zero-order chi connectivity index (χ0) is 41.5. The van der Waals surface area contributed by atoms with Crippen molar-refractivity contribution >= 4 is 101 Å². The number of non-ortho nitro benzene ring substituents is 2. The van der Waals surface area contributed by atoms with Gasteiger partial charge in [-0.2, -0.15) is 0 Å². The Morgan fingerprint density at radius 3 is 1.37 bits per heavy atom. The molecule has 0 atom stereocenters. The number of amidine groups is 2. The summed E-state index contributed by atoms with van der Waals surface area (Å²) in [5.41, 5.74) is 3.62. The second-order valence-corrected chi connectivity index (χ2v) is 15.0. The molecule has 16 nitrogen and oxygen atoms in total. The van der Waals surface area contributed by atoms with Crippen LogP contribution in [0.3, 0.4) is 0 Å². The number of hydrogen-bond donors (Lipinski definition) is 6. The van der Waals surface area contributed by atoms with Gasteiger partial charge >= 0.3 is 5.27 Å². The number of benzene rings is 5. The summed E-state index contributed by atoms with van der Waals surface area (Å²) < 4.78 is 0. The average molecular weight is 821 g/mol. The minimum atomic E-state index is -0.612. The molecular formula is C40H29BN10O6S2. The highest BCUT2D eigenvalue weighted by Crippen LogP contribution is 2.36. The fourth-order valence-corrected chi connectivity index (χ4v) is 7.85. The molecule has 290 valence electrons. The maximum atomic E-state index is 11.5. The van der Waals surface area contributed by atoms with Crippen molar-refractivity contribution in [3.8, 4) is 11.8 Å². The fourth-order valence-electron chi connectivity index (χ4n) is 5.94. The standard InChI is InChI=1S/C40H29BN10O6S2/c42-39(48-46-35(24-10-4-1-5-11-24)22-31-29-20-27(50(54)55)16-18-33(29)44-37(31)52)58-41(26-14-8-3-9-15-26)59-40(43)49-47-36(25-12-6-2-7-13-25)23-32-30-21-28(51(56)57)17-19-34(30)45-38(32)53/h1-23,42-45,52-53H/b35-22+,36-23+,42-39?,43-40?,48-46?,49-47?. The van der Waals surface area contributed by atoms with Crippen molar-refractivity contribution in [1.29, 1.82) is 10.8 Å². The van der Waals surface area contributed by atoms with Gasteiger partial charge in [0.15, 0.2) is 22.1 Å². The van der Waals surface area contributed by atoms with Gasteiger partial charge in [0, 0.05) is 68.3 Å². The Hall–Kier alpha value is -7.64. The number of hydrogen-bond acceptors (Lipinski definition) is 12. The van der Waals surface area contributed by atoms with Crippen molar-refractivity contribution in [2.24, 2.45) is 20.5 Å². The zero-order valence-electron chi connectivity index (χ0n) is 30.4. The molecule has 7 aromatic rings.